The van der Waals surface area contributed by atoms with Gasteiger partial charge in [0.25, 0.3) is 0 Å². The standard InChI is InChI=1S/C44H29NO2/c1-44(36-17-8-5-14-31(36)32-15-6-9-18-37(32)44)38-19-11-21-41-43(38)35-26-29(23-25-40(35)46-41)45(28-12-3-2-4-13-28)30-22-24-34-33-16-7-10-20-39(33)47-42(34)27-30/h2-27H,1H3. The summed E-state index contributed by atoms with van der Waals surface area (Å²) in [5, 5.41) is 4.49. The number of para-hydroxylation sites is 2. The van der Waals surface area contributed by atoms with Crippen LogP contribution < -0.4 is 4.90 Å². The zero-order valence-electron chi connectivity index (χ0n) is 25.8. The van der Waals surface area contributed by atoms with Gasteiger partial charge in [-0.15, -0.1) is 0 Å². The van der Waals surface area contributed by atoms with Gasteiger partial charge in [-0.05, 0) is 89.3 Å². The van der Waals surface area contributed by atoms with Crippen LogP contribution in [0.5, 0.6) is 0 Å². The van der Waals surface area contributed by atoms with Crippen LogP contribution in [-0.4, -0.2) is 0 Å². The van der Waals surface area contributed by atoms with Gasteiger partial charge in [0.2, 0.25) is 0 Å². The molecule has 47 heavy (non-hydrogen) atoms. The van der Waals surface area contributed by atoms with Crippen LogP contribution in [-0.2, 0) is 5.41 Å². The Labute approximate surface area is 271 Å². The van der Waals surface area contributed by atoms with Crippen LogP contribution in [0.4, 0.5) is 17.1 Å². The molecule has 0 spiro atoms. The van der Waals surface area contributed by atoms with Gasteiger partial charge in [0, 0.05) is 50.1 Å². The Morgan fingerprint density at radius 1 is 0.404 bits per heavy atom. The lowest BCUT2D eigenvalue weighted by molar-refractivity contribution is 0.666. The van der Waals surface area contributed by atoms with E-state index in [0.717, 1.165) is 60.9 Å². The molecule has 0 aliphatic heterocycles. The Bertz CT molecular complexity index is 2620. The Hall–Kier alpha value is -6.06. The van der Waals surface area contributed by atoms with E-state index in [1.165, 1.54) is 27.8 Å². The van der Waals surface area contributed by atoms with Crippen LogP contribution in [0.1, 0.15) is 23.6 Å². The van der Waals surface area contributed by atoms with Crippen molar-refractivity contribution in [1.82, 2.24) is 0 Å². The maximum absolute atomic E-state index is 6.58. The number of rotatable bonds is 4. The fourth-order valence-electron chi connectivity index (χ4n) is 7.99. The third-order valence-electron chi connectivity index (χ3n) is 10.1. The molecule has 3 nitrogen and oxygen atoms in total. The molecule has 0 unspecified atom stereocenters. The topological polar surface area (TPSA) is 29.5 Å². The van der Waals surface area contributed by atoms with E-state index < -0.39 is 0 Å². The Morgan fingerprint density at radius 2 is 0.979 bits per heavy atom. The van der Waals surface area contributed by atoms with Crippen LogP contribution in [0, 0.1) is 0 Å². The van der Waals surface area contributed by atoms with Crippen molar-refractivity contribution in [3.8, 4) is 11.1 Å². The highest BCUT2D eigenvalue weighted by atomic mass is 16.3. The van der Waals surface area contributed by atoms with E-state index in [4.69, 9.17) is 8.83 Å². The molecule has 0 atom stereocenters. The molecule has 0 fully saturated rings. The molecule has 222 valence electrons. The van der Waals surface area contributed by atoms with Crippen LogP contribution in [0.25, 0.3) is 55.0 Å². The fraction of sp³-hybridized carbons (Fsp3) is 0.0455. The summed E-state index contributed by atoms with van der Waals surface area (Å²) < 4.78 is 12.9. The van der Waals surface area contributed by atoms with Crippen LogP contribution in [0.2, 0.25) is 0 Å². The van der Waals surface area contributed by atoms with Crippen molar-refractivity contribution in [2.45, 2.75) is 12.3 Å². The number of benzene rings is 7. The molecular weight excluding hydrogens is 574 g/mol. The average molecular weight is 604 g/mol. The lowest BCUT2D eigenvalue weighted by atomic mass is 9.73. The monoisotopic (exact) mass is 603 g/mol. The molecule has 2 aromatic heterocycles. The Balaban J connectivity index is 1.21. The lowest BCUT2D eigenvalue weighted by Crippen LogP contribution is -2.22. The summed E-state index contributed by atoms with van der Waals surface area (Å²) in [7, 11) is 0. The Morgan fingerprint density at radius 3 is 1.79 bits per heavy atom. The van der Waals surface area contributed by atoms with Crippen molar-refractivity contribution in [3.05, 3.63) is 174 Å². The van der Waals surface area contributed by atoms with Crippen molar-refractivity contribution in [2.24, 2.45) is 0 Å². The second-order valence-corrected chi connectivity index (χ2v) is 12.6. The lowest BCUT2D eigenvalue weighted by Gasteiger charge is -2.29. The van der Waals surface area contributed by atoms with Gasteiger partial charge in [0.05, 0.1) is 0 Å². The summed E-state index contributed by atoms with van der Waals surface area (Å²) in [6, 6.07) is 56.0. The van der Waals surface area contributed by atoms with Crippen molar-refractivity contribution < 1.29 is 8.83 Å². The first-order valence-corrected chi connectivity index (χ1v) is 16.1. The summed E-state index contributed by atoms with van der Waals surface area (Å²) in [6.07, 6.45) is 0. The quantitative estimate of drug-likeness (QED) is 0.200. The van der Waals surface area contributed by atoms with Crippen molar-refractivity contribution in [2.75, 3.05) is 4.90 Å². The smallest absolute Gasteiger partial charge is 0.137 e. The molecule has 2 heterocycles. The zero-order valence-corrected chi connectivity index (χ0v) is 25.8. The van der Waals surface area contributed by atoms with Gasteiger partial charge in [-0.1, -0.05) is 97.1 Å². The SMILES string of the molecule is CC1(c2cccc3oc4ccc(N(c5ccccc5)c5ccc6c(c5)oc5ccccc56)cc4c23)c2ccccc2-c2ccccc21. The normalized spacial score (nSPS) is 13.4. The van der Waals surface area contributed by atoms with E-state index in [9.17, 15) is 0 Å². The molecule has 1 aliphatic rings. The second-order valence-electron chi connectivity index (χ2n) is 12.6. The second kappa shape index (κ2) is 9.72. The number of hydrogen-bond acceptors (Lipinski definition) is 3. The molecule has 0 bridgehead atoms. The maximum Gasteiger partial charge on any atom is 0.137 e. The Kier molecular flexibility index (Phi) is 5.41. The molecule has 0 saturated heterocycles. The number of hydrogen-bond donors (Lipinski definition) is 0. The summed E-state index contributed by atoms with van der Waals surface area (Å²) in [6.45, 7) is 2.37. The average Bonchev–Trinajstić information content (AvgIpc) is 3.77. The van der Waals surface area contributed by atoms with Gasteiger partial charge >= 0.3 is 0 Å². The molecule has 1 aliphatic carbocycles. The van der Waals surface area contributed by atoms with Gasteiger partial charge < -0.3 is 13.7 Å². The first kappa shape index (κ1) is 26.2. The molecule has 3 heteroatoms. The summed E-state index contributed by atoms with van der Waals surface area (Å²) >= 11 is 0. The molecular formula is C44H29NO2. The number of furan rings is 2. The van der Waals surface area contributed by atoms with Crippen molar-refractivity contribution >= 4 is 60.9 Å². The third kappa shape index (κ3) is 3.68. The highest BCUT2D eigenvalue weighted by Crippen LogP contribution is 2.54. The van der Waals surface area contributed by atoms with E-state index in [1.807, 2.05) is 12.1 Å². The van der Waals surface area contributed by atoms with Crippen LogP contribution >= 0.6 is 0 Å². The van der Waals surface area contributed by atoms with E-state index in [2.05, 4.69) is 157 Å². The van der Waals surface area contributed by atoms with Crippen molar-refractivity contribution in [1.29, 1.82) is 0 Å². The molecule has 0 saturated carbocycles. The summed E-state index contributed by atoms with van der Waals surface area (Å²) in [4.78, 5) is 2.30. The molecule has 9 aromatic rings. The fourth-order valence-corrected chi connectivity index (χ4v) is 7.99. The van der Waals surface area contributed by atoms with E-state index in [0.29, 0.717) is 0 Å². The highest BCUT2D eigenvalue weighted by molar-refractivity contribution is 6.10. The predicted molar refractivity (Wildman–Crippen MR) is 193 cm³/mol. The van der Waals surface area contributed by atoms with E-state index in [-0.39, 0.29) is 5.41 Å². The van der Waals surface area contributed by atoms with E-state index in [1.54, 1.807) is 0 Å². The number of fused-ring (bicyclic) bond motifs is 9. The predicted octanol–water partition coefficient (Wildman–Crippen LogP) is 12.3. The molecule has 0 N–H and O–H groups in total. The van der Waals surface area contributed by atoms with Gasteiger partial charge in [0.15, 0.2) is 0 Å². The minimum atomic E-state index is -0.342. The van der Waals surface area contributed by atoms with Gasteiger partial charge in [0.1, 0.15) is 22.3 Å². The summed E-state index contributed by atoms with van der Waals surface area (Å²) in [5.74, 6) is 0. The largest absolute Gasteiger partial charge is 0.456 e. The van der Waals surface area contributed by atoms with Gasteiger partial charge in [-0.25, -0.2) is 0 Å². The molecule has 0 amide bonds. The summed E-state index contributed by atoms with van der Waals surface area (Å²) in [5.41, 5.74) is 12.8. The highest BCUT2D eigenvalue weighted by Gasteiger charge is 2.42. The third-order valence-corrected chi connectivity index (χ3v) is 10.1. The number of anilines is 3. The van der Waals surface area contributed by atoms with E-state index >= 15 is 0 Å². The van der Waals surface area contributed by atoms with Crippen LogP contribution in [0.15, 0.2) is 167 Å². The minimum absolute atomic E-state index is 0.342. The first-order chi connectivity index (χ1) is 23.2. The molecule has 10 rings (SSSR count). The maximum atomic E-state index is 6.58. The first-order valence-electron chi connectivity index (χ1n) is 16.1. The minimum Gasteiger partial charge on any atom is -0.456 e. The number of nitrogens with zero attached hydrogens (tertiary/aromatic N) is 1. The van der Waals surface area contributed by atoms with Crippen LogP contribution in [0.3, 0.4) is 0 Å². The van der Waals surface area contributed by atoms with Crippen molar-refractivity contribution in [3.63, 3.8) is 0 Å². The molecule has 7 aromatic carbocycles. The zero-order chi connectivity index (χ0) is 31.1. The molecule has 0 radical (unpaired) electrons. The van der Waals surface area contributed by atoms with Gasteiger partial charge in [-0.2, -0.15) is 0 Å². The van der Waals surface area contributed by atoms with Gasteiger partial charge in [-0.3, -0.25) is 0 Å².